The lowest BCUT2D eigenvalue weighted by molar-refractivity contribution is 0.0749. The van der Waals surface area contributed by atoms with Gasteiger partial charge in [-0.25, -0.2) is 15.0 Å². The molecule has 4 heterocycles. The number of morpholine rings is 1. The minimum Gasteiger partial charge on any atom is -0.378 e. The van der Waals surface area contributed by atoms with Crippen LogP contribution in [0.15, 0.2) is 24.5 Å². The molecule has 2 aliphatic rings. The summed E-state index contributed by atoms with van der Waals surface area (Å²) in [4.78, 5) is 30.9. The number of anilines is 1. The molecule has 0 radical (unpaired) electrons. The molecule has 0 unspecified atom stereocenters. The maximum absolute atomic E-state index is 13.2. The molecular formula is C20H25N5O2. The second kappa shape index (κ2) is 6.88. The Balaban J connectivity index is 1.58. The molecule has 0 spiro atoms. The van der Waals surface area contributed by atoms with Crippen molar-refractivity contribution in [2.75, 3.05) is 31.2 Å². The number of fused-ring (bicyclic) bond motifs is 1. The fourth-order valence-corrected chi connectivity index (χ4v) is 3.42. The van der Waals surface area contributed by atoms with Gasteiger partial charge in [-0.1, -0.05) is 20.8 Å². The predicted molar refractivity (Wildman–Crippen MR) is 102 cm³/mol. The lowest BCUT2D eigenvalue weighted by Crippen LogP contribution is -2.38. The van der Waals surface area contributed by atoms with Crippen molar-refractivity contribution in [1.82, 2.24) is 19.9 Å². The van der Waals surface area contributed by atoms with Gasteiger partial charge in [0.2, 0.25) is 0 Å². The highest BCUT2D eigenvalue weighted by Crippen LogP contribution is 2.28. The number of hydrogen-bond acceptors (Lipinski definition) is 6. The quantitative estimate of drug-likeness (QED) is 0.810. The Morgan fingerprint density at radius 1 is 1.15 bits per heavy atom. The van der Waals surface area contributed by atoms with E-state index < -0.39 is 0 Å². The normalized spacial score (nSPS) is 17.1. The summed E-state index contributed by atoms with van der Waals surface area (Å²) in [7, 11) is 0. The lowest BCUT2D eigenvalue weighted by Gasteiger charge is -2.29. The van der Waals surface area contributed by atoms with Crippen molar-refractivity contribution >= 4 is 11.7 Å². The highest BCUT2D eigenvalue weighted by Gasteiger charge is 2.30. The molecule has 0 N–H and O–H groups in total. The molecule has 27 heavy (non-hydrogen) atoms. The Morgan fingerprint density at radius 2 is 1.93 bits per heavy atom. The first-order chi connectivity index (χ1) is 12.9. The molecule has 0 bridgehead atoms. The van der Waals surface area contributed by atoms with Gasteiger partial charge in [0.05, 0.1) is 31.0 Å². The fourth-order valence-electron chi connectivity index (χ4n) is 3.42. The number of carbonyl (C=O) groups is 1. The number of pyridine rings is 1. The van der Waals surface area contributed by atoms with E-state index in [0.717, 1.165) is 36.0 Å². The summed E-state index contributed by atoms with van der Waals surface area (Å²) in [5.41, 5.74) is 2.49. The molecule has 0 saturated carbocycles. The van der Waals surface area contributed by atoms with Crippen LogP contribution in [0.2, 0.25) is 0 Å². The monoisotopic (exact) mass is 367 g/mol. The van der Waals surface area contributed by atoms with Crippen molar-refractivity contribution < 1.29 is 9.53 Å². The summed E-state index contributed by atoms with van der Waals surface area (Å²) in [5.74, 6) is 1.54. The van der Waals surface area contributed by atoms with E-state index in [0.29, 0.717) is 31.9 Å². The van der Waals surface area contributed by atoms with Gasteiger partial charge in [0, 0.05) is 43.0 Å². The van der Waals surface area contributed by atoms with Crippen LogP contribution in [0.3, 0.4) is 0 Å². The standard InChI is InChI=1S/C20H25N5O2/c1-20(2,3)19-22-11-14-12-25(13-16(14)23-19)18(26)15-5-4-6-21-17(15)24-7-9-27-10-8-24/h4-6,11H,7-10,12-13H2,1-3H3. The number of amides is 1. The van der Waals surface area contributed by atoms with Gasteiger partial charge in [-0.2, -0.15) is 0 Å². The van der Waals surface area contributed by atoms with Crippen LogP contribution >= 0.6 is 0 Å². The molecule has 142 valence electrons. The van der Waals surface area contributed by atoms with Crippen LogP contribution in [0.1, 0.15) is 48.2 Å². The minimum absolute atomic E-state index is 0.0140. The van der Waals surface area contributed by atoms with Gasteiger partial charge in [0.15, 0.2) is 0 Å². The summed E-state index contributed by atoms with van der Waals surface area (Å²) in [5, 5.41) is 0. The van der Waals surface area contributed by atoms with Crippen molar-refractivity contribution in [1.29, 1.82) is 0 Å². The summed E-state index contributed by atoms with van der Waals surface area (Å²) in [6, 6.07) is 3.67. The maximum atomic E-state index is 13.2. The predicted octanol–water partition coefficient (Wildman–Crippen LogP) is 2.16. The molecule has 1 amide bonds. The first kappa shape index (κ1) is 17.9. The van der Waals surface area contributed by atoms with Crippen molar-refractivity contribution in [3.63, 3.8) is 0 Å². The molecule has 4 rings (SSSR count). The van der Waals surface area contributed by atoms with Gasteiger partial charge in [-0.05, 0) is 12.1 Å². The van der Waals surface area contributed by atoms with E-state index in [1.54, 1.807) is 6.20 Å². The SMILES string of the molecule is CC(C)(C)c1ncc2c(n1)CN(C(=O)c1cccnc1N1CCOCC1)C2. The molecule has 0 aliphatic carbocycles. The van der Waals surface area contributed by atoms with Crippen LogP contribution in [0, 0.1) is 0 Å². The summed E-state index contributed by atoms with van der Waals surface area (Å²) >= 11 is 0. The highest BCUT2D eigenvalue weighted by molar-refractivity contribution is 5.99. The lowest BCUT2D eigenvalue weighted by atomic mass is 9.95. The second-order valence-electron chi connectivity index (χ2n) is 8.05. The summed E-state index contributed by atoms with van der Waals surface area (Å²) in [6.45, 7) is 10.1. The molecule has 0 aromatic carbocycles. The van der Waals surface area contributed by atoms with E-state index in [1.807, 2.05) is 23.2 Å². The van der Waals surface area contributed by atoms with Crippen LogP contribution in [0.5, 0.6) is 0 Å². The van der Waals surface area contributed by atoms with E-state index in [9.17, 15) is 4.79 Å². The molecule has 1 fully saturated rings. The molecule has 2 aromatic rings. The number of hydrogen-bond donors (Lipinski definition) is 0. The van der Waals surface area contributed by atoms with Crippen molar-refractivity contribution in [3.05, 3.63) is 47.2 Å². The maximum Gasteiger partial charge on any atom is 0.258 e. The zero-order valence-electron chi connectivity index (χ0n) is 16.1. The van der Waals surface area contributed by atoms with Gasteiger partial charge < -0.3 is 14.5 Å². The van der Waals surface area contributed by atoms with E-state index in [4.69, 9.17) is 9.72 Å². The average Bonchev–Trinajstić information content (AvgIpc) is 3.11. The van der Waals surface area contributed by atoms with E-state index in [1.165, 1.54) is 0 Å². The average molecular weight is 367 g/mol. The zero-order chi connectivity index (χ0) is 19.0. The van der Waals surface area contributed by atoms with Crippen LogP contribution in [0.25, 0.3) is 0 Å². The van der Waals surface area contributed by atoms with Crippen molar-refractivity contribution in [2.24, 2.45) is 0 Å². The van der Waals surface area contributed by atoms with E-state index in [-0.39, 0.29) is 11.3 Å². The number of aromatic nitrogens is 3. The first-order valence-corrected chi connectivity index (χ1v) is 9.36. The van der Waals surface area contributed by atoms with Crippen LogP contribution in [-0.2, 0) is 23.2 Å². The molecule has 7 heteroatoms. The molecule has 7 nitrogen and oxygen atoms in total. The van der Waals surface area contributed by atoms with Gasteiger partial charge in [0.25, 0.3) is 5.91 Å². The second-order valence-corrected chi connectivity index (χ2v) is 8.05. The number of rotatable bonds is 2. The Bertz CT molecular complexity index is 856. The fraction of sp³-hybridized carbons (Fsp3) is 0.500. The smallest absolute Gasteiger partial charge is 0.258 e. The van der Waals surface area contributed by atoms with Crippen molar-refractivity contribution in [2.45, 2.75) is 39.3 Å². The Hall–Kier alpha value is -2.54. The molecule has 0 atom stereocenters. The Morgan fingerprint density at radius 3 is 2.67 bits per heavy atom. The minimum atomic E-state index is -0.112. The molecule has 2 aliphatic heterocycles. The topological polar surface area (TPSA) is 71.5 Å². The number of carbonyl (C=O) groups excluding carboxylic acids is 1. The molecular weight excluding hydrogens is 342 g/mol. The summed E-state index contributed by atoms with van der Waals surface area (Å²) < 4.78 is 5.42. The molecule has 1 saturated heterocycles. The van der Waals surface area contributed by atoms with Gasteiger partial charge in [-0.3, -0.25) is 4.79 Å². The van der Waals surface area contributed by atoms with Crippen LogP contribution < -0.4 is 4.90 Å². The van der Waals surface area contributed by atoms with Crippen LogP contribution in [-0.4, -0.2) is 52.1 Å². The first-order valence-electron chi connectivity index (χ1n) is 9.36. The molecule has 2 aromatic heterocycles. The Labute approximate surface area is 159 Å². The van der Waals surface area contributed by atoms with Gasteiger partial charge in [0.1, 0.15) is 11.6 Å². The van der Waals surface area contributed by atoms with Gasteiger partial charge >= 0.3 is 0 Å². The third kappa shape index (κ3) is 3.51. The highest BCUT2D eigenvalue weighted by atomic mass is 16.5. The Kier molecular flexibility index (Phi) is 4.55. The number of ether oxygens (including phenoxy) is 1. The van der Waals surface area contributed by atoms with Gasteiger partial charge in [-0.15, -0.1) is 0 Å². The summed E-state index contributed by atoms with van der Waals surface area (Å²) in [6.07, 6.45) is 3.60. The van der Waals surface area contributed by atoms with Crippen LogP contribution in [0.4, 0.5) is 5.82 Å². The third-order valence-electron chi connectivity index (χ3n) is 4.94. The van der Waals surface area contributed by atoms with E-state index in [2.05, 4.69) is 35.6 Å². The largest absolute Gasteiger partial charge is 0.378 e. The third-order valence-corrected chi connectivity index (χ3v) is 4.94. The number of nitrogens with zero attached hydrogens (tertiary/aromatic N) is 5. The zero-order valence-corrected chi connectivity index (χ0v) is 16.1. The van der Waals surface area contributed by atoms with Crippen molar-refractivity contribution in [3.8, 4) is 0 Å². The van der Waals surface area contributed by atoms with E-state index >= 15 is 0 Å².